The Kier molecular flexibility index (Phi) is 3.18. The van der Waals surface area contributed by atoms with Gasteiger partial charge in [0.15, 0.2) is 0 Å². The molecule has 1 aromatic heterocycles. The molecular weight excluding hydrogens is 294 g/mol. The van der Waals surface area contributed by atoms with Crippen LogP contribution in [0.4, 0.5) is 0 Å². The summed E-state index contributed by atoms with van der Waals surface area (Å²) in [5.74, 6) is 0.567. The lowest BCUT2D eigenvalue weighted by molar-refractivity contribution is -0.134. The first-order chi connectivity index (χ1) is 11.1. The van der Waals surface area contributed by atoms with E-state index < -0.39 is 0 Å². The minimum atomic E-state index is -0.265. The van der Waals surface area contributed by atoms with E-state index in [4.69, 9.17) is 4.74 Å². The summed E-state index contributed by atoms with van der Waals surface area (Å²) in [7, 11) is 1.69. The smallest absolute Gasteiger partial charge is 0.256 e. The van der Waals surface area contributed by atoms with E-state index >= 15 is 0 Å². The number of carbonyl (C=O) groups excluding carboxylic acids is 1. The van der Waals surface area contributed by atoms with Crippen LogP contribution in [-0.2, 0) is 24.8 Å². The standard InChI is InChI=1S/C17H17N3O3/c1-19-10-18-14-8-20(7-6-12(14)16(19)21)17(22)13-9-23-15-5-3-2-4-11(13)15/h2-5,10,13H,6-9H2,1H3/t13-/m1/s1. The van der Waals surface area contributed by atoms with Crippen molar-refractivity contribution >= 4 is 5.91 Å². The van der Waals surface area contributed by atoms with Crippen LogP contribution >= 0.6 is 0 Å². The average molecular weight is 311 g/mol. The van der Waals surface area contributed by atoms with Crippen LogP contribution in [0.15, 0.2) is 35.4 Å². The molecule has 2 aromatic rings. The molecule has 6 heteroatoms. The van der Waals surface area contributed by atoms with E-state index in [1.807, 2.05) is 24.3 Å². The summed E-state index contributed by atoms with van der Waals surface area (Å²) in [6.07, 6.45) is 2.07. The molecule has 4 rings (SSSR count). The van der Waals surface area contributed by atoms with Crippen molar-refractivity contribution in [3.05, 3.63) is 57.8 Å². The number of rotatable bonds is 1. The number of nitrogens with zero attached hydrogens (tertiary/aromatic N) is 3. The number of ether oxygens (including phenoxy) is 1. The quantitative estimate of drug-likeness (QED) is 0.783. The van der Waals surface area contributed by atoms with Gasteiger partial charge in [-0.25, -0.2) is 4.98 Å². The normalized spacial score (nSPS) is 19.0. The van der Waals surface area contributed by atoms with Gasteiger partial charge in [-0.05, 0) is 12.5 Å². The monoisotopic (exact) mass is 311 g/mol. The van der Waals surface area contributed by atoms with Gasteiger partial charge in [-0.1, -0.05) is 18.2 Å². The zero-order valence-corrected chi connectivity index (χ0v) is 12.9. The number of amides is 1. The minimum Gasteiger partial charge on any atom is -0.492 e. The summed E-state index contributed by atoms with van der Waals surface area (Å²) in [5.41, 5.74) is 2.36. The number of benzene rings is 1. The highest BCUT2D eigenvalue weighted by Crippen LogP contribution is 2.35. The molecule has 1 atom stereocenters. The van der Waals surface area contributed by atoms with Gasteiger partial charge in [-0.2, -0.15) is 0 Å². The van der Waals surface area contributed by atoms with Gasteiger partial charge >= 0.3 is 0 Å². The molecule has 6 nitrogen and oxygen atoms in total. The van der Waals surface area contributed by atoms with E-state index in [0.717, 1.165) is 16.9 Å². The molecule has 2 aliphatic heterocycles. The van der Waals surface area contributed by atoms with Crippen LogP contribution in [0.5, 0.6) is 5.75 Å². The van der Waals surface area contributed by atoms with Crippen molar-refractivity contribution in [2.75, 3.05) is 13.2 Å². The largest absolute Gasteiger partial charge is 0.492 e. The van der Waals surface area contributed by atoms with Crippen molar-refractivity contribution in [1.29, 1.82) is 0 Å². The molecule has 2 aliphatic rings. The Hall–Kier alpha value is -2.63. The molecule has 0 unspecified atom stereocenters. The maximum Gasteiger partial charge on any atom is 0.256 e. The van der Waals surface area contributed by atoms with Crippen LogP contribution < -0.4 is 10.3 Å². The first-order valence-electron chi connectivity index (χ1n) is 7.69. The van der Waals surface area contributed by atoms with E-state index in [-0.39, 0.29) is 17.4 Å². The van der Waals surface area contributed by atoms with Crippen molar-refractivity contribution in [2.45, 2.75) is 18.9 Å². The van der Waals surface area contributed by atoms with Crippen molar-refractivity contribution in [3.63, 3.8) is 0 Å². The summed E-state index contributed by atoms with van der Waals surface area (Å²) < 4.78 is 7.09. The van der Waals surface area contributed by atoms with Gasteiger partial charge in [-0.3, -0.25) is 9.59 Å². The van der Waals surface area contributed by atoms with E-state index in [1.165, 1.54) is 10.9 Å². The Morgan fingerprint density at radius 1 is 1.35 bits per heavy atom. The lowest BCUT2D eigenvalue weighted by atomic mass is 9.98. The lowest BCUT2D eigenvalue weighted by Gasteiger charge is -2.29. The van der Waals surface area contributed by atoms with Crippen LogP contribution in [0.2, 0.25) is 0 Å². The molecular formula is C17H17N3O3. The maximum absolute atomic E-state index is 12.9. The molecule has 0 radical (unpaired) electrons. The number of para-hydroxylation sites is 1. The first-order valence-corrected chi connectivity index (χ1v) is 7.69. The fourth-order valence-electron chi connectivity index (χ4n) is 3.29. The Labute approximate surface area is 133 Å². The van der Waals surface area contributed by atoms with Crippen molar-refractivity contribution < 1.29 is 9.53 Å². The summed E-state index contributed by atoms with van der Waals surface area (Å²) >= 11 is 0. The summed E-state index contributed by atoms with van der Waals surface area (Å²) in [6, 6.07) is 7.66. The molecule has 0 spiro atoms. The summed E-state index contributed by atoms with van der Waals surface area (Å²) in [4.78, 5) is 31.1. The van der Waals surface area contributed by atoms with Crippen LogP contribution in [-0.4, -0.2) is 33.5 Å². The highest BCUT2D eigenvalue weighted by atomic mass is 16.5. The fraction of sp³-hybridized carbons (Fsp3) is 0.353. The summed E-state index contributed by atoms with van der Waals surface area (Å²) in [5, 5.41) is 0. The molecule has 0 bridgehead atoms. The van der Waals surface area contributed by atoms with Gasteiger partial charge in [0.1, 0.15) is 18.3 Å². The second-order valence-electron chi connectivity index (χ2n) is 6.00. The van der Waals surface area contributed by atoms with Gasteiger partial charge in [0.25, 0.3) is 5.56 Å². The molecule has 118 valence electrons. The van der Waals surface area contributed by atoms with E-state index in [9.17, 15) is 9.59 Å². The third-order valence-corrected chi connectivity index (χ3v) is 4.60. The molecule has 1 aromatic carbocycles. The fourth-order valence-corrected chi connectivity index (χ4v) is 3.29. The molecule has 23 heavy (non-hydrogen) atoms. The van der Waals surface area contributed by atoms with Gasteiger partial charge in [-0.15, -0.1) is 0 Å². The number of aryl methyl sites for hydroxylation is 1. The lowest BCUT2D eigenvalue weighted by Crippen LogP contribution is -2.42. The van der Waals surface area contributed by atoms with Crippen molar-refractivity contribution in [2.24, 2.45) is 7.05 Å². The number of hydrogen-bond donors (Lipinski definition) is 0. The molecule has 0 aliphatic carbocycles. The Morgan fingerprint density at radius 3 is 3.04 bits per heavy atom. The Bertz CT molecular complexity index is 843. The average Bonchev–Trinajstić information content (AvgIpc) is 3.01. The summed E-state index contributed by atoms with van der Waals surface area (Å²) in [6.45, 7) is 1.32. The second kappa shape index (κ2) is 5.22. The number of aromatic nitrogens is 2. The zero-order valence-electron chi connectivity index (χ0n) is 12.9. The predicted octanol–water partition coefficient (Wildman–Crippen LogP) is 0.841. The van der Waals surface area contributed by atoms with Crippen molar-refractivity contribution in [3.8, 4) is 5.75 Å². The zero-order chi connectivity index (χ0) is 16.0. The molecule has 3 heterocycles. The van der Waals surface area contributed by atoms with E-state index in [2.05, 4.69) is 4.98 Å². The minimum absolute atomic E-state index is 0.0170. The molecule has 0 saturated carbocycles. The number of fused-ring (bicyclic) bond motifs is 2. The van der Waals surface area contributed by atoms with E-state index in [0.29, 0.717) is 31.8 Å². The maximum atomic E-state index is 12.9. The SMILES string of the molecule is Cn1cnc2c(c1=O)CCN(C(=O)[C@@H]1COc3ccccc31)C2. The van der Waals surface area contributed by atoms with Crippen LogP contribution in [0.25, 0.3) is 0 Å². The van der Waals surface area contributed by atoms with Crippen LogP contribution in [0.1, 0.15) is 22.7 Å². The Morgan fingerprint density at radius 2 is 2.17 bits per heavy atom. The Balaban J connectivity index is 1.60. The first kappa shape index (κ1) is 14.0. The highest BCUT2D eigenvalue weighted by Gasteiger charge is 2.35. The van der Waals surface area contributed by atoms with Gasteiger partial charge in [0, 0.05) is 24.7 Å². The number of carbonyl (C=O) groups is 1. The van der Waals surface area contributed by atoms with Crippen LogP contribution in [0.3, 0.4) is 0 Å². The molecule has 0 saturated heterocycles. The highest BCUT2D eigenvalue weighted by molar-refractivity contribution is 5.85. The van der Waals surface area contributed by atoms with Crippen LogP contribution in [0, 0.1) is 0 Å². The topological polar surface area (TPSA) is 64.4 Å². The van der Waals surface area contributed by atoms with Crippen molar-refractivity contribution in [1.82, 2.24) is 14.5 Å². The predicted molar refractivity (Wildman–Crippen MR) is 83.3 cm³/mol. The molecule has 0 N–H and O–H groups in total. The third-order valence-electron chi connectivity index (χ3n) is 4.60. The molecule has 0 fully saturated rings. The van der Waals surface area contributed by atoms with Gasteiger partial charge in [0.2, 0.25) is 5.91 Å². The van der Waals surface area contributed by atoms with Gasteiger partial charge < -0.3 is 14.2 Å². The van der Waals surface area contributed by atoms with Gasteiger partial charge in [0.05, 0.1) is 18.6 Å². The molecule has 1 amide bonds. The number of hydrogen-bond acceptors (Lipinski definition) is 4. The third kappa shape index (κ3) is 2.21. The van der Waals surface area contributed by atoms with E-state index in [1.54, 1.807) is 11.9 Å². The second-order valence-corrected chi connectivity index (χ2v) is 6.00.